The van der Waals surface area contributed by atoms with E-state index >= 15 is 0 Å². The fourth-order valence-corrected chi connectivity index (χ4v) is 4.18. The minimum Gasteiger partial charge on any atom is -0.401 e. The van der Waals surface area contributed by atoms with Gasteiger partial charge in [0.2, 0.25) is 0 Å². The van der Waals surface area contributed by atoms with E-state index in [4.69, 9.17) is 4.43 Å². The quantitative estimate of drug-likeness (QED) is 0.371. The largest absolute Gasteiger partial charge is 0.401 e. The molecule has 1 saturated carbocycles. The molecule has 0 unspecified atom stereocenters. The Hall–Kier alpha value is 0.217. The Bertz CT molecular complexity index is 325. The van der Waals surface area contributed by atoms with Gasteiger partial charge in [0.25, 0.3) is 0 Å². The SMILES string of the molecule is CC(C)(C)[Si](C)(C)OC1(C#CBr)CCCCCC1. The first-order valence-electron chi connectivity index (χ1n) is 7.05. The summed E-state index contributed by atoms with van der Waals surface area (Å²) in [4.78, 5) is 2.94. The molecule has 1 fully saturated rings. The predicted molar refractivity (Wildman–Crippen MR) is 85.4 cm³/mol. The molecule has 1 aliphatic carbocycles. The van der Waals surface area contributed by atoms with Gasteiger partial charge in [-0.25, -0.2) is 0 Å². The molecule has 0 saturated heterocycles. The van der Waals surface area contributed by atoms with Gasteiger partial charge in [-0.2, -0.15) is 0 Å². The third-order valence-corrected chi connectivity index (χ3v) is 9.15. The van der Waals surface area contributed by atoms with Crippen LogP contribution in [-0.4, -0.2) is 13.9 Å². The van der Waals surface area contributed by atoms with Crippen LogP contribution in [0.4, 0.5) is 0 Å². The fourth-order valence-electron chi connectivity index (χ4n) is 2.28. The highest BCUT2D eigenvalue weighted by Gasteiger charge is 2.44. The summed E-state index contributed by atoms with van der Waals surface area (Å²) in [6.45, 7) is 11.5. The van der Waals surface area contributed by atoms with E-state index in [-0.39, 0.29) is 10.6 Å². The molecule has 1 aliphatic rings. The van der Waals surface area contributed by atoms with Crippen molar-refractivity contribution >= 4 is 24.2 Å². The van der Waals surface area contributed by atoms with Crippen molar-refractivity contribution in [2.45, 2.75) is 83.0 Å². The summed E-state index contributed by atoms with van der Waals surface area (Å²) in [7, 11) is -1.75. The van der Waals surface area contributed by atoms with E-state index in [0.717, 1.165) is 12.8 Å². The van der Waals surface area contributed by atoms with Gasteiger partial charge in [-0.3, -0.25) is 0 Å². The first-order chi connectivity index (χ1) is 8.22. The topological polar surface area (TPSA) is 9.23 Å². The Morgan fingerprint density at radius 1 is 1.06 bits per heavy atom. The minimum absolute atomic E-state index is 0.191. The molecule has 0 heterocycles. The van der Waals surface area contributed by atoms with Crippen molar-refractivity contribution in [2.24, 2.45) is 0 Å². The van der Waals surface area contributed by atoms with Crippen LogP contribution in [0.15, 0.2) is 0 Å². The molecule has 104 valence electrons. The molecule has 0 radical (unpaired) electrons. The maximum atomic E-state index is 6.69. The molecule has 1 nitrogen and oxygen atoms in total. The van der Waals surface area contributed by atoms with Crippen LogP contribution in [0.1, 0.15) is 59.3 Å². The van der Waals surface area contributed by atoms with E-state index in [0.29, 0.717) is 0 Å². The molecule has 0 amide bonds. The summed E-state index contributed by atoms with van der Waals surface area (Å²) in [5.41, 5.74) is -0.191. The third-order valence-electron chi connectivity index (χ3n) is 4.44. The van der Waals surface area contributed by atoms with E-state index in [1.165, 1.54) is 25.7 Å². The van der Waals surface area contributed by atoms with Crippen LogP contribution >= 0.6 is 15.9 Å². The third kappa shape index (κ3) is 4.11. The zero-order valence-electron chi connectivity index (χ0n) is 12.5. The first-order valence-corrected chi connectivity index (χ1v) is 10.8. The Labute approximate surface area is 122 Å². The predicted octanol–water partition coefficient (Wildman–Crippen LogP) is 5.46. The fraction of sp³-hybridized carbons (Fsp3) is 0.867. The Morgan fingerprint density at radius 3 is 1.94 bits per heavy atom. The Balaban J connectivity index is 2.94. The van der Waals surface area contributed by atoms with Crippen LogP contribution in [0, 0.1) is 10.8 Å². The molecule has 0 aromatic heterocycles. The lowest BCUT2D eigenvalue weighted by molar-refractivity contribution is 0.0955. The molecule has 1 rings (SSSR count). The second-order valence-electron chi connectivity index (χ2n) is 6.99. The van der Waals surface area contributed by atoms with Gasteiger partial charge < -0.3 is 4.43 Å². The van der Waals surface area contributed by atoms with Gasteiger partial charge in [-0.15, -0.1) is 0 Å². The van der Waals surface area contributed by atoms with E-state index in [9.17, 15) is 0 Å². The van der Waals surface area contributed by atoms with E-state index < -0.39 is 8.32 Å². The van der Waals surface area contributed by atoms with Gasteiger partial charge in [0, 0.05) is 15.9 Å². The zero-order valence-corrected chi connectivity index (χ0v) is 15.1. The molecule has 0 spiro atoms. The van der Waals surface area contributed by atoms with Gasteiger partial charge in [-0.1, -0.05) is 39.5 Å². The maximum absolute atomic E-state index is 6.69. The summed E-state index contributed by atoms with van der Waals surface area (Å²) >= 11 is 3.28. The molecule has 0 bridgehead atoms. The van der Waals surface area contributed by atoms with E-state index in [2.05, 4.69) is 60.5 Å². The molecule has 0 N–H and O–H groups in total. The average Bonchev–Trinajstić information content (AvgIpc) is 2.42. The monoisotopic (exact) mass is 330 g/mol. The van der Waals surface area contributed by atoms with Gasteiger partial charge in [-0.05, 0) is 48.6 Å². The number of halogens is 1. The molecule has 3 heteroatoms. The van der Waals surface area contributed by atoms with Crippen molar-refractivity contribution in [1.82, 2.24) is 0 Å². The normalized spacial score (nSPS) is 20.8. The summed E-state index contributed by atoms with van der Waals surface area (Å²) in [6, 6.07) is 0. The zero-order chi connectivity index (χ0) is 13.9. The minimum atomic E-state index is -1.75. The second-order valence-corrected chi connectivity index (χ2v) is 12.1. The molecule has 0 aromatic rings. The van der Waals surface area contributed by atoms with Crippen molar-refractivity contribution in [3.63, 3.8) is 0 Å². The van der Waals surface area contributed by atoms with Gasteiger partial charge in [0.05, 0.1) is 0 Å². The first kappa shape index (κ1) is 16.3. The molecule has 0 aromatic carbocycles. The lowest BCUT2D eigenvalue weighted by atomic mass is 9.96. The summed E-state index contributed by atoms with van der Waals surface area (Å²) < 4.78 is 6.69. The molecule has 0 aliphatic heterocycles. The van der Waals surface area contributed by atoms with E-state index in [1.807, 2.05) is 0 Å². The number of hydrogen-bond donors (Lipinski definition) is 0. The van der Waals surface area contributed by atoms with Gasteiger partial charge in [0.15, 0.2) is 8.32 Å². The van der Waals surface area contributed by atoms with Crippen LogP contribution in [0.3, 0.4) is 0 Å². The number of hydrogen-bond acceptors (Lipinski definition) is 1. The highest BCUT2D eigenvalue weighted by atomic mass is 79.9. The summed E-state index contributed by atoms with van der Waals surface area (Å²) in [5, 5.41) is 0.250. The average molecular weight is 331 g/mol. The van der Waals surface area contributed by atoms with Crippen LogP contribution in [0.5, 0.6) is 0 Å². The summed E-state index contributed by atoms with van der Waals surface area (Å²) in [6.07, 6.45) is 7.34. The Kier molecular flexibility index (Phi) is 5.53. The van der Waals surface area contributed by atoms with Crippen molar-refractivity contribution < 1.29 is 4.43 Å². The second kappa shape index (κ2) is 6.11. The summed E-state index contributed by atoms with van der Waals surface area (Å²) in [5.74, 6) is 3.35. The van der Waals surface area contributed by atoms with Crippen molar-refractivity contribution in [1.29, 1.82) is 0 Å². The van der Waals surface area contributed by atoms with Gasteiger partial charge >= 0.3 is 0 Å². The molecular weight excluding hydrogens is 304 g/mol. The maximum Gasteiger partial charge on any atom is 0.194 e. The molecule has 18 heavy (non-hydrogen) atoms. The van der Waals surface area contributed by atoms with Crippen LogP contribution in [0.2, 0.25) is 18.1 Å². The highest BCUT2D eigenvalue weighted by molar-refractivity contribution is 9.12. The van der Waals surface area contributed by atoms with Crippen LogP contribution < -0.4 is 0 Å². The smallest absolute Gasteiger partial charge is 0.194 e. The van der Waals surface area contributed by atoms with Crippen molar-refractivity contribution in [2.75, 3.05) is 0 Å². The van der Waals surface area contributed by atoms with Crippen LogP contribution in [-0.2, 0) is 4.43 Å². The van der Waals surface area contributed by atoms with Crippen LogP contribution in [0.25, 0.3) is 0 Å². The standard InChI is InChI=1S/C15H27BrOSi/c1-14(2,3)18(4,5)17-15(12-13-16)10-8-6-7-9-11-15/h6-11H2,1-5H3. The van der Waals surface area contributed by atoms with Crippen molar-refractivity contribution in [3.05, 3.63) is 0 Å². The molecular formula is C15H27BrOSi. The lowest BCUT2D eigenvalue weighted by Gasteiger charge is -2.43. The molecule has 0 atom stereocenters. The lowest BCUT2D eigenvalue weighted by Crippen LogP contribution is -2.49. The Morgan fingerprint density at radius 2 is 1.56 bits per heavy atom. The number of rotatable bonds is 2. The van der Waals surface area contributed by atoms with Crippen molar-refractivity contribution in [3.8, 4) is 10.8 Å². The van der Waals surface area contributed by atoms with E-state index in [1.54, 1.807) is 0 Å². The highest BCUT2D eigenvalue weighted by Crippen LogP contribution is 2.42. The van der Waals surface area contributed by atoms with Gasteiger partial charge in [0.1, 0.15) is 5.60 Å².